The highest BCUT2D eigenvalue weighted by atomic mass is 32.1. The van der Waals surface area contributed by atoms with E-state index < -0.39 is 0 Å². The van der Waals surface area contributed by atoms with Crippen LogP contribution in [-0.2, 0) is 4.79 Å². The minimum absolute atomic E-state index is 0.254. The highest BCUT2D eigenvalue weighted by Crippen LogP contribution is 2.35. The zero-order valence-corrected chi connectivity index (χ0v) is 20.6. The van der Waals surface area contributed by atoms with E-state index in [-0.39, 0.29) is 5.92 Å². The molecule has 1 saturated heterocycles. The molecule has 180 valence electrons. The third-order valence-electron chi connectivity index (χ3n) is 7.75. The van der Waals surface area contributed by atoms with E-state index in [2.05, 4.69) is 39.4 Å². The molecular formula is C26H34N6OS. The number of carbonyl (C=O) groups is 1. The van der Waals surface area contributed by atoms with Gasteiger partial charge < -0.3 is 15.1 Å². The van der Waals surface area contributed by atoms with Crippen LogP contribution in [0.25, 0.3) is 16.2 Å². The van der Waals surface area contributed by atoms with E-state index in [9.17, 15) is 4.79 Å². The van der Waals surface area contributed by atoms with E-state index in [0.29, 0.717) is 11.9 Å². The number of nitrogens with one attached hydrogen (secondary N) is 1. The topological polar surface area (TPSA) is 65.8 Å². The summed E-state index contributed by atoms with van der Waals surface area (Å²) in [6.45, 7) is 3.26. The summed E-state index contributed by atoms with van der Waals surface area (Å²) in [7, 11) is 0. The normalized spacial score (nSPS) is 20.4. The fraction of sp³-hybridized carbons (Fsp3) is 0.577. The second-order valence-electron chi connectivity index (χ2n) is 10.0. The van der Waals surface area contributed by atoms with Crippen molar-refractivity contribution in [1.29, 1.82) is 0 Å². The number of fused-ring (bicyclic) bond motifs is 1. The first-order chi connectivity index (χ1) is 16.8. The lowest BCUT2D eigenvalue weighted by Crippen LogP contribution is -2.50. The first-order valence-electron chi connectivity index (χ1n) is 13.0. The van der Waals surface area contributed by atoms with Gasteiger partial charge in [0.15, 0.2) is 5.82 Å². The molecule has 6 rings (SSSR count). The highest BCUT2D eigenvalue weighted by Gasteiger charge is 2.30. The summed E-state index contributed by atoms with van der Waals surface area (Å²) >= 11 is 1.65. The van der Waals surface area contributed by atoms with Gasteiger partial charge in [0.2, 0.25) is 16.0 Å². The standard InChI is InChI=1S/C26H34N6OS/c33-24(20-11-5-2-6-12-20)30-15-17-31(18-16-30)26-29-32-23(27-21-13-7-8-14-21)22(28-25(32)34-26)19-9-3-1-4-10-19/h1,3-4,9-10,20-21,27H,2,5-8,11-18H2. The van der Waals surface area contributed by atoms with Crippen molar-refractivity contribution in [1.82, 2.24) is 19.5 Å². The van der Waals surface area contributed by atoms with Gasteiger partial charge in [0.25, 0.3) is 0 Å². The number of hydrogen-bond donors (Lipinski definition) is 1. The van der Waals surface area contributed by atoms with Crippen LogP contribution in [0, 0.1) is 5.92 Å². The molecule has 3 aliphatic rings. The molecule has 2 aromatic heterocycles. The van der Waals surface area contributed by atoms with Gasteiger partial charge in [-0.15, -0.1) is 5.10 Å². The summed E-state index contributed by atoms with van der Waals surface area (Å²) in [4.78, 5) is 23.3. The maximum Gasteiger partial charge on any atom is 0.225 e. The molecule has 0 unspecified atom stereocenters. The zero-order chi connectivity index (χ0) is 22.9. The first-order valence-corrected chi connectivity index (χ1v) is 13.8. The molecule has 0 spiro atoms. The van der Waals surface area contributed by atoms with Crippen LogP contribution < -0.4 is 10.2 Å². The van der Waals surface area contributed by atoms with E-state index in [4.69, 9.17) is 10.1 Å². The van der Waals surface area contributed by atoms with Gasteiger partial charge in [0.1, 0.15) is 5.69 Å². The van der Waals surface area contributed by atoms with Crippen LogP contribution in [0.5, 0.6) is 0 Å². The molecule has 1 amide bonds. The first kappa shape index (κ1) is 21.9. The minimum atomic E-state index is 0.254. The SMILES string of the molecule is O=C(C1CCCCC1)N1CCN(c2nn3c(NC4CCCC4)c(-c4ccccc4)nc3s2)CC1. The molecule has 2 saturated carbocycles. The van der Waals surface area contributed by atoms with E-state index in [0.717, 1.165) is 66.2 Å². The van der Waals surface area contributed by atoms with Crippen molar-refractivity contribution < 1.29 is 4.79 Å². The monoisotopic (exact) mass is 478 g/mol. The van der Waals surface area contributed by atoms with Gasteiger partial charge in [-0.1, -0.05) is 73.8 Å². The fourth-order valence-corrected chi connectivity index (χ4v) is 6.74. The Kier molecular flexibility index (Phi) is 6.16. The van der Waals surface area contributed by atoms with Crippen LogP contribution in [0.15, 0.2) is 30.3 Å². The predicted octanol–water partition coefficient (Wildman–Crippen LogP) is 5.04. The Morgan fingerprint density at radius 1 is 0.912 bits per heavy atom. The number of piperazine rings is 1. The maximum absolute atomic E-state index is 12.9. The molecule has 34 heavy (non-hydrogen) atoms. The molecule has 1 aliphatic heterocycles. The van der Waals surface area contributed by atoms with E-state index in [1.807, 2.05) is 10.6 Å². The summed E-state index contributed by atoms with van der Waals surface area (Å²) < 4.78 is 2.01. The molecule has 3 fully saturated rings. The van der Waals surface area contributed by atoms with Gasteiger partial charge in [0.05, 0.1) is 0 Å². The van der Waals surface area contributed by atoms with Crippen LogP contribution in [0.3, 0.4) is 0 Å². The molecule has 8 heteroatoms. The molecular weight excluding hydrogens is 444 g/mol. The fourth-order valence-electron chi connectivity index (χ4n) is 5.78. The Balaban J connectivity index is 1.21. The Morgan fingerprint density at radius 3 is 2.35 bits per heavy atom. The third kappa shape index (κ3) is 4.28. The quantitative estimate of drug-likeness (QED) is 0.556. The Morgan fingerprint density at radius 2 is 1.62 bits per heavy atom. The van der Waals surface area contributed by atoms with Gasteiger partial charge >= 0.3 is 0 Å². The molecule has 1 N–H and O–H groups in total. The van der Waals surface area contributed by atoms with E-state index in [1.165, 1.54) is 44.9 Å². The van der Waals surface area contributed by atoms with Crippen molar-refractivity contribution in [2.45, 2.75) is 63.8 Å². The number of aromatic nitrogens is 3. The zero-order valence-electron chi connectivity index (χ0n) is 19.8. The second-order valence-corrected chi connectivity index (χ2v) is 11.0. The summed E-state index contributed by atoms with van der Waals surface area (Å²) in [6, 6.07) is 10.9. The number of rotatable bonds is 5. The molecule has 1 aromatic carbocycles. The molecule has 0 bridgehead atoms. The van der Waals surface area contributed by atoms with Gasteiger partial charge in [-0.2, -0.15) is 4.52 Å². The smallest absolute Gasteiger partial charge is 0.225 e. The van der Waals surface area contributed by atoms with Crippen molar-refractivity contribution >= 4 is 33.2 Å². The predicted molar refractivity (Wildman–Crippen MR) is 138 cm³/mol. The molecule has 7 nitrogen and oxygen atoms in total. The molecule has 0 atom stereocenters. The van der Waals surface area contributed by atoms with Crippen LogP contribution >= 0.6 is 11.3 Å². The summed E-state index contributed by atoms with van der Waals surface area (Å²) in [6.07, 6.45) is 10.8. The average Bonchev–Trinajstić information content (AvgIpc) is 3.63. The molecule has 0 radical (unpaired) electrons. The number of imidazole rings is 1. The van der Waals surface area contributed by atoms with Crippen molar-refractivity contribution in [3.05, 3.63) is 30.3 Å². The molecule has 3 heterocycles. The number of hydrogen-bond acceptors (Lipinski definition) is 6. The largest absolute Gasteiger partial charge is 0.365 e. The number of anilines is 2. The van der Waals surface area contributed by atoms with Gasteiger partial charge in [-0.05, 0) is 25.7 Å². The number of benzene rings is 1. The maximum atomic E-state index is 12.9. The lowest BCUT2D eigenvalue weighted by Gasteiger charge is -2.36. The average molecular weight is 479 g/mol. The molecule has 2 aliphatic carbocycles. The van der Waals surface area contributed by atoms with Crippen LogP contribution in [-0.4, -0.2) is 57.6 Å². The van der Waals surface area contributed by atoms with E-state index in [1.54, 1.807) is 11.3 Å². The van der Waals surface area contributed by atoms with Gasteiger partial charge in [-0.25, -0.2) is 4.98 Å². The van der Waals surface area contributed by atoms with Crippen molar-refractivity contribution in [2.24, 2.45) is 5.92 Å². The van der Waals surface area contributed by atoms with Crippen LogP contribution in [0.4, 0.5) is 10.9 Å². The van der Waals surface area contributed by atoms with Crippen LogP contribution in [0.2, 0.25) is 0 Å². The minimum Gasteiger partial charge on any atom is -0.365 e. The Labute approximate surface area is 205 Å². The Bertz CT molecular complexity index is 1120. The number of carbonyl (C=O) groups excluding carboxylic acids is 1. The highest BCUT2D eigenvalue weighted by molar-refractivity contribution is 7.20. The Hall–Kier alpha value is -2.61. The van der Waals surface area contributed by atoms with Crippen molar-refractivity contribution in [3.63, 3.8) is 0 Å². The van der Waals surface area contributed by atoms with Crippen molar-refractivity contribution in [3.8, 4) is 11.3 Å². The molecule has 3 aromatic rings. The third-order valence-corrected chi connectivity index (χ3v) is 8.72. The summed E-state index contributed by atoms with van der Waals surface area (Å²) in [5, 5.41) is 9.80. The van der Waals surface area contributed by atoms with E-state index >= 15 is 0 Å². The number of nitrogens with zero attached hydrogens (tertiary/aromatic N) is 5. The van der Waals surface area contributed by atoms with Crippen LogP contribution in [0.1, 0.15) is 57.8 Å². The lowest BCUT2D eigenvalue weighted by molar-refractivity contribution is -0.136. The lowest BCUT2D eigenvalue weighted by atomic mass is 9.88. The summed E-state index contributed by atoms with van der Waals surface area (Å²) in [5.41, 5.74) is 2.11. The van der Waals surface area contributed by atoms with Gasteiger partial charge in [-0.3, -0.25) is 4.79 Å². The van der Waals surface area contributed by atoms with Gasteiger partial charge in [0, 0.05) is 43.7 Å². The number of amides is 1. The summed E-state index contributed by atoms with van der Waals surface area (Å²) in [5.74, 6) is 1.65. The van der Waals surface area contributed by atoms with Crippen molar-refractivity contribution in [2.75, 3.05) is 36.4 Å². The second kappa shape index (κ2) is 9.56.